The number of rotatable bonds is 4. The number of fused-ring (bicyclic) bond motifs is 2. The Labute approximate surface area is 247 Å². The van der Waals surface area contributed by atoms with Gasteiger partial charge in [-0.05, 0) is 119 Å². The van der Waals surface area contributed by atoms with E-state index in [9.17, 15) is 0 Å². The van der Waals surface area contributed by atoms with Gasteiger partial charge < -0.3 is 0 Å². The van der Waals surface area contributed by atoms with E-state index in [0.29, 0.717) is 0 Å². The zero-order chi connectivity index (χ0) is 28.8. The van der Waals surface area contributed by atoms with E-state index < -0.39 is 0 Å². The average molecular weight is 541 g/mol. The van der Waals surface area contributed by atoms with Crippen molar-refractivity contribution in [3.05, 3.63) is 144 Å². The lowest BCUT2D eigenvalue weighted by atomic mass is 9.85. The zero-order valence-corrected chi connectivity index (χ0v) is 24.4. The van der Waals surface area contributed by atoms with Gasteiger partial charge in [-0.3, -0.25) is 9.97 Å². The van der Waals surface area contributed by atoms with E-state index in [0.717, 1.165) is 11.4 Å². The standard InChI is InChI=1S/C40H32N2/c1-25-16-17-26(2)35(22-25)36-23-29(18-20-41-36)39-31-12-5-7-14-33(31)40(34-15-8-6-13-32(34)39)30-19-21-42-37(24-30)38-27(3)10-9-11-28(38)4/h5-24H,1-4H3. The largest absolute Gasteiger partial charge is 0.256 e. The third kappa shape index (κ3) is 4.37. The van der Waals surface area contributed by atoms with E-state index in [1.54, 1.807) is 0 Å². The van der Waals surface area contributed by atoms with Crippen molar-refractivity contribution in [1.82, 2.24) is 9.97 Å². The van der Waals surface area contributed by atoms with Crippen LogP contribution in [0.1, 0.15) is 22.3 Å². The summed E-state index contributed by atoms with van der Waals surface area (Å²) in [7, 11) is 0. The van der Waals surface area contributed by atoms with Gasteiger partial charge in [0, 0.05) is 23.5 Å². The highest BCUT2D eigenvalue weighted by Crippen LogP contribution is 2.44. The van der Waals surface area contributed by atoms with E-state index in [-0.39, 0.29) is 0 Å². The molecule has 2 heterocycles. The second-order valence-electron chi connectivity index (χ2n) is 11.3. The third-order valence-electron chi connectivity index (χ3n) is 8.43. The van der Waals surface area contributed by atoms with Gasteiger partial charge in [-0.25, -0.2) is 0 Å². The summed E-state index contributed by atoms with van der Waals surface area (Å²) in [6, 6.07) is 39.4. The lowest BCUT2D eigenvalue weighted by Crippen LogP contribution is -1.94. The molecule has 0 aliphatic heterocycles. The van der Waals surface area contributed by atoms with Crippen LogP contribution in [-0.4, -0.2) is 9.97 Å². The lowest BCUT2D eigenvalue weighted by Gasteiger charge is -2.19. The van der Waals surface area contributed by atoms with E-state index in [1.165, 1.54) is 77.2 Å². The fraction of sp³-hybridized carbons (Fsp3) is 0.100. The normalized spacial score (nSPS) is 11.3. The molecule has 0 unspecified atom stereocenters. The van der Waals surface area contributed by atoms with Gasteiger partial charge in [0.2, 0.25) is 0 Å². The van der Waals surface area contributed by atoms with Gasteiger partial charge in [0.15, 0.2) is 0 Å². The number of benzene rings is 5. The quantitative estimate of drug-likeness (QED) is 0.208. The molecule has 0 bridgehead atoms. The minimum absolute atomic E-state index is 0.998. The summed E-state index contributed by atoms with van der Waals surface area (Å²) < 4.78 is 0. The van der Waals surface area contributed by atoms with Crippen LogP contribution in [0.15, 0.2) is 122 Å². The molecule has 202 valence electrons. The van der Waals surface area contributed by atoms with E-state index >= 15 is 0 Å². The second-order valence-corrected chi connectivity index (χ2v) is 11.3. The predicted molar refractivity (Wildman–Crippen MR) is 178 cm³/mol. The van der Waals surface area contributed by atoms with Gasteiger partial charge in [0.25, 0.3) is 0 Å². The molecular formula is C40H32N2. The van der Waals surface area contributed by atoms with Crippen LogP contribution in [0.2, 0.25) is 0 Å². The minimum Gasteiger partial charge on any atom is -0.256 e. The SMILES string of the molecule is Cc1ccc(C)c(-c2cc(-c3c4ccccc4c(-c4ccnc(-c5c(C)cccc5C)c4)c4ccccc34)ccn2)c1. The van der Waals surface area contributed by atoms with E-state index in [4.69, 9.17) is 9.97 Å². The molecule has 0 N–H and O–H groups in total. The van der Waals surface area contributed by atoms with Crippen molar-refractivity contribution >= 4 is 21.5 Å². The van der Waals surface area contributed by atoms with E-state index in [2.05, 4.69) is 137 Å². The van der Waals surface area contributed by atoms with Gasteiger partial charge in [-0.1, -0.05) is 84.4 Å². The Balaban J connectivity index is 1.50. The highest BCUT2D eigenvalue weighted by molar-refractivity contribution is 6.21. The van der Waals surface area contributed by atoms with Crippen LogP contribution in [0.25, 0.3) is 66.3 Å². The number of nitrogens with zero attached hydrogens (tertiary/aromatic N) is 2. The topological polar surface area (TPSA) is 25.8 Å². The summed E-state index contributed by atoms with van der Waals surface area (Å²) in [5, 5.41) is 4.93. The predicted octanol–water partition coefficient (Wildman–Crippen LogP) is 10.7. The Bertz CT molecular complexity index is 2060. The van der Waals surface area contributed by atoms with Crippen LogP contribution in [0, 0.1) is 27.7 Å². The molecule has 42 heavy (non-hydrogen) atoms. The van der Waals surface area contributed by atoms with Crippen molar-refractivity contribution < 1.29 is 0 Å². The van der Waals surface area contributed by atoms with Crippen LogP contribution in [0.5, 0.6) is 0 Å². The van der Waals surface area contributed by atoms with Crippen molar-refractivity contribution in [3.63, 3.8) is 0 Å². The number of aromatic nitrogens is 2. The van der Waals surface area contributed by atoms with Gasteiger partial charge in [0.05, 0.1) is 11.4 Å². The Morgan fingerprint density at radius 1 is 0.405 bits per heavy atom. The maximum absolute atomic E-state index is 4.83. The molecule has 7 aromatic rings. The summed E-state index contributed by atoms with van der Waals surface area (Å²) >= 11 is 0. The summed E-state index contributed by atoms with van der Waals surface area (Å²) in [6.45, 7) is 8.62. The van der Waals surface area contributed by atoms with Gasteiger partial charge in [-0.15, -0.1) is 0 Å². The fourth-order valence-electron chi connectivity index (χ4n) is 6.44. The van der Waals surface area contributed by atoms with Crippen molar-refractivity contribution in [2.75, 3.05) is 0 Å². The van der Waals surface area contributed by atoms with Crippen molar-refractivity contribution in [2.24, 2.45) is 0 Å². The molecule has 7 rings (SSSR count). The third-order valence-corrected chi connectivity index (χ3v) is 8.43. The smallest absolute Gasteiger partial charge is 0.0713 e. The number of hydrogen-bond donors (Lipinski definition) is 0. The molecule has 0 saturated heterocycles. The molecular weight excluding hydrogens is 508 g/mol. The van der Waals surface area contributed by atoms with Crippen LogP contribution < -0.4 is 0 Å². The lowest BCUT2D eigenvalue weighted by molar-refractivity contribution is 1.28. The first-order valence-corrected chi connectivity index (χ1v) is 14.5. The van der Waals surface area contributed by atoms with Crippen molar-refractivity contribution in [1.29, 1.82) is 0 Å². The molecule has 0 saturated carbocycles. The highest BCUT2D eigenvalue weighted by atomic mass is 14.7. The first-order valence-electron chi connectivity index (χ1n) is 14.5. The number of aryl methyl sites for hydroxylation is 4. The van der Waals surface area contributed by atoms with Gasteiger partial charge in [-0.2, -0.15) is 0 Å². The molecule has 0 aliphatic carbocycles. The van der Waals surface area contributed by atoms with Crippen LogP contribution in [0.4, 0.5) is 0 Å². The number of hydrogen-bond acceptors (Lipinski definition) is 2. The Morgan fingerprint density at radius 2 is 0.905 bits per heavy atom. The van der Waals surface area contributed by atoms with Crippen molar-refractivity contribution in [3.8, 4) is 44.8 Å². The summed E-state index contributed by atoms with van der Waals surface area (Å²) in [4.78, 5) is 9.63. The van der Waals surface area contributed by atoms with Crippen LogP contribution >= 0.6 is 0 Å². The molecule has 0 aliphatic rings. The molecule has 0 fully saturated rings. The fourth-order valence-corrected chi connectivity index (χ4v) is 6.44. The molecule has 0 spiro atoms. The van der Waals surface area contributed by atoms with E-state index in [1.807, 2.05) is 12.4 Å². The Hall–Kier alpha value is -5.08. The molecule has 5 aromatic carbocycles. The first kappa shape index (κ1) is 25.9. The summed E-state index contributed by atoms with van der Waals surface area (Å²) in [5.41, 5.74) is 14.2. The molecule has 2 heteroatoms. The molecule has 2 aromatic heterocycles. The van der Waals surface area contributed by atoms with Crippen LogP contribution in [0.3, 0.4) is 0 Å². The zero-order valence-electron chi connectivity index (χ0n) is 24.4. The number of pyridine rings is 2. The maximum atomic E-state index is 4.83. The second kappa shape index (κ2) is 10.4. The maximum Gasteiger partial charge on any atom is 0.0713 e. The monoisotopic (exact) mass is 540 g/mol. The molecule has 0 amide bonds. The Kier molecular flexibility index (Phi) is 6.40. The van der Waals surface area contributed by atoms with Crippen LogP contribution in [-0.2, 0) is 0 Å². The van der Waals surface area contributed by atoms with Crippen molar-refractivity contribution in [2.45, 2.75) is 27.7 Å². The Morgan fingerprint density at radius 3 is 1.45 bits per heavy atom. The molecule has 0 radical (unpaired) electrons. The van der Waals surface area contributed by atoms with Gasteiger partial charge >= 0.3 is 0 Å². The summed E-state index contributed by atoms with van der Waals surface area (Å²) in [6.07, 6.45) is 3.90. The molecule has 2 nitrogen and oxygen atoms in total. The minimum atomic E-state index is 0.998. The first-order chi connectivity index (χ1) is 20.5. The van der Waals surface area contributed by atoms with Gasteiger partial charge in [0.1, 0.15) is 0 Å². The highest BCUT2D eigenvalue weighted by Gasteiger charge is 2.18. The summed E-state index contributed by atoms with van der Waals surface area (Å²) in [5.74, 6) is 0. The average Bonchev–Trinajstić information content (AvgIpc) is 3.01. The molecule has 0 atom stereocenters.